The van der Waals surface area contributed by atoms with E-state index < -0.39 is 29.1 Å². The predicted molar refractivity (Wildman–Crippen MR) is 106 cm³/mol. The summed E-state index contributed by atoms with van der Waals surface area (Å²) in [5, 5.41) is 0.980. The number of esters is 1. The summed E-state index contributed by atoms with van der Waals surface area (Å²) >= 11 is 1.49. The van der Waals surface area contributed by atoms with E-state index in [1.54, 1.807) is 18.2 Å². The van der Waals surface area contributed by atoms with Crippen LogP contribution in [0, 0.1) is 20.8 Å². The Kier molecular flexibility index (Phi) is 7.06. The average Bonchev–Trinajstić information content (AvgIpc) is 2.96. The van der Waals surface area contributed by atoms with E-state index in [1.165, 1.54) is 17.4 Å². The lowest BCUT2D eigenvalue weighted by molar-refractivity contribution is -0.141. The van der Waals surface area contributed by atoms with E-state index in [9.17, 15) is 18.0 Å². The maximum absolute atomic E-state index is 12.0. The van der Waals surface area contributed by atoms with Crippen molar-refractivity contribution in [3.8, 4) is 0 Å². The summed E-state index contributed by atoms with van der Waals surface area (Å²) in [6.45, 7) is 4.68. The molecule has 0 unspecified atom stereocenters. The van der Waals surface area contributed by atoms with Crippen LogP contribution in [0.25, 0.3) is 6.08 Å². The molecule has 144 valence electrons. The molecule has 0 saturated heterocycles. The van der Waals surface area contributed by atoms with Crippen molar-refractivity contribution in [2.45, 2.75) is 20.8 Å². The number of carbonyl (C=O) groups is 2. The Labute approximate surface area is 162 Å². The van der Waals surface area contributed by atoms with Crippen LogP contribution in [0.4, 0.5) is 0 Å². The number of hydrogen-bond donors (Lipinski definition) is 1. The van der Waals surface area contributed by atoms with Crippen molar-refractivity contribution in [3.63, 3.8) is 0 Å². The van der Waals surface area contributed by atoms with Gasteiger partial charge in [-0.3, -0.25) is 9.59 Å². The van der Waals surface area contributed by atoms with Gasteiger partial charge in [-0.25, -0.2) is 13.1 Å². The molecule has 1 N–H and O–H groups in total. The fourth-order valence-electron chi connectivity index (χ4n) is 2.24. The van der Waals surface area contributed by atoms with Gasteiger partial charge in [0.15, 0.2) is 6.61 Å². The molecule has 8 heteroatoms. The maximum Gasteiger partial charge on any atom is 0.321 e. The molecule has 1 aromatic carbocycles. The van der Waals surface area contributed by atoms with Crippen LogP contribution in [0.5, 0.6) is 0 Å². The van der Waals surface area contributed by atoms with Crippen LogP contribution in [0.3, 0.4) is 0 Å². The third kappa shape index (κ3) is 6.74. The minimum Gasteiger partial charge on any atom is -0.456 e. The second-order valence-corrected chi connectivity index (χ2v) is 9.10. The molecule has 0 saturated carbocycles. The van der Waals surface area contributed by atoms with Crippen LogP contribution in [-0.2, 0) is 19.6 Å². The van der Waals surface area contributed by atoms with E-state index in [1.807, 2.05) is 32.9 Å². The van der Waals surface area contributed by atoms with Gasteiger partial charge < -0.3 is 4.74 Å². The smallest absolute Gasteiger partial charge is 0.321 e. The predicted octanol–water partition coefficient (Wildman–Crippen LogP) is 2.99. The van der Waals surface area contributed by atoms with E-state index in [0.29, 0.717) is 5.56 Å². The number of ether oxygens (including phenoxy) is 1. The molecule has 0 radical (unpaired) electrons. The number of rotatable bonds is 8. The van der Waals surface area contributed by atoms with Gasteiger partial charge in [0.2, 0.25) is 15.8 Å². The monoisotopic (exact) mass is 407 g/mol. The van der Waals surface area contributed by atoms with Crippen molar-refractivity contribution in [1.82, 2.24) is 4.72 Å². The SMILES string of the molecule is Cc1ccc(/C=C/S(=O)(=O)NCC(=O)OCC(=O)c2cc(C)sc2C)cc1. The normalized spacial score (nSPS) is 11.7. The highest BCUT2D eigenvalue weighted by atomic mass is 32.2. The van der Waals surface area contributed by atoms with Crippen LogP contribution >= 0.6 is 11.3 Å². The third-order valence-corrected chi connectivity index (χ3v) is 5.65. The van der Waals surface area contributed by atoms with Gasteiger partial charge in [-0.15, -0.1) is 11.3 Å². The highest BCUT2D eigenvalue weighted by molar-refractivity contribution is 7.92. The summed E-state index contributed by atoms with van der Waals surface area (Å²) in [7, 11) is -3.79. The third-order valence-electron chi connectivity index (χ3n) is 3.64. The van der Waals surface area contributed by atoms with E-state index in [2.05, 4.69) is 4.72 Å². The van der Waals surface area contributed by atoms with Gasteiger partial charge in [-0.2, -0.15) is 0 Å². The number of nitrogens with one attached hydrogen (secondary N) is 1. The summed E-state index contributed by atoms with van der Waals surface area (Å²) in [6.07, 6.45) is 1.43. The number of hydrogen-bond acceptors (Lipinski definition) is 6. The second kappa shape index (κ2) is 9.07. The Balaban J connectivity index is 1.82. The molecule has 1 heterocycles. The van der Waals surface area contributed by atoms with Gasteiger partial charge in [-0.05, 0) is 38.5 Å². The number of aryl methyl sites for hydroxylation is 3. The number of sulfonamides is 1. The second-order valence-electron chi connectivity index (χ2n) is 5.99. The standard InChI is InChI=1S/C19H21NO5S2/c1-13-4-6-16(7-5-13)8-9-27(23,24)20-11-19(22)25-12-18(21)17-10-14(2)26-15(17)3/h4-10,20H,11-12H2,1-3H3/b9-8+. The number of benzene rings is 1. The van der Waals surface area contributed by atoms with Gasteiger partial charge in [-0.1, -0.05) is 29.8 Å². The number of Topliss-reactive ketones (excluding diaryl/α,β-unsaturated/α-hetero) is 1. The molecule has 0 aliphatic rings. The van der Waals surface area contributed by atoms with Gasteiger partial charge in [0.25, 0.3) is 0 Å². The van der Waals surface area contributed by atoms with Crippen molar-refractivity contribution in [2.75, 3.05) is 13.2 Å². The van der Waals surface area contributed by atoms with Crippen molar-refractivity contribution < 1.29 is 22.7 Å². The largest absolute Gasteiger partial charge is 0.456 e. The zero-order valence-corrected chi connectivity index (χ0v) is 16.9. The Morgan fingerprint density at radius 3 is 2.41 bits per heavy atom. The van der Waals surface area contributed by atoms with Crippen LogP contribution < -0.4 is 4.72 Å². The molecule has 0 aliphatic heterocycles. The van der Waals surface area contributed by atoms with E-state index >= 15 is 0 Å². The molecule has 0 spiro atoms. The topological polar surface area (TPSA) is 89.5 Å². The molecular weight excluding hydrogens is 386 g/mol. The van der Waals surface area contributed by atoms with Crippen molar-refractivity contribution in [3.05, 3.63) is 62.2 Å². The van der Waals surface area contributed by atoms with Crippen LogP contribution in [0.2, 0.25) is 0 Å². The summed E-state index contributed by atoms with van der Waals surface area (Å²) in [4.78, 5) is 25.6. The number of carbonyl (C=O) groups excluding carboxylic acids is 2. The first-order valence-corrected chi connectivity index (χ1v) is 10.5. The van der Waals surface area contributed by atoms with E-state index in [-0.39, 0.29) is 5.78 Å². The molecule has 0 amide bonds. The molecule has 2 aromatic rings. The molecule has 2 rings (SSSR count). The molecule has 0 bridgehead atoms. The molecule has 0 fully saturated rings. The number of ketones is 1. The van der Waals surface area contributed by atoms with Crippen molar-refractivity contribution >= 4 is 39.2 Å². The minimum atomic E-state index is -3.79. The summed E-state index contributed by atoms with van der Waals surface area (Å²) < 4.78 is 30.8. The summed E-state index contributed by atoms with van der Waals surface area (Å²) in [5.74, 6) is -1.13. The lowest BCUT2D eigenvalue weighted by atomic mass is 10.2. The Hall–Kier alpha value is -2.29. The first-order valence-electron chi connectivity index (χ1n) is 8.16. The van der Waals surface area contributed by atoms with Crippen molar-refractivity contribution in [1.29, 1.82) is 0 Å². The van der Waals surface area contributed by atoms with Gasteiger partial charge >= 0.3 is 5.97 Å². The zero-order chi connectivity index (χ0) is 20.0. The Morgan fingerprint density at radius 2 is 1.81 bits per heavy atom. The van der Waals surface area contributed by atoms with Crippen LogP contribution in [-0.4, -0.2) is 33.3 Å². The van der Waals surface area contributed by atoms with Gasteiger partial charge in [0.1, 0.15) is 6.54 Å². The Bertz CT molecular complexity index is 956. The highest BCUT2D eigenvalue weighted by Gasteiger charge is 2.15. The van der Waals surface area contributed by atoms with Crippen LogP contribution in [0.1, 0.15) is 31.2 Å². The quantitative estimate of drug-likeness (QED) is 0.537. The molecule has 0 atom stereocenters. The fourth-order valence-corrected chi connectivity index (χ4v) is 3.93. The van der Waals surface area contributed by atoms with Crippen LogP contribution in [0.15, 0.2) is 35.7 Å². The molecule has 6 nitrogen and oxygen atoms in total. The maximum atomic E-state index is 12.0. The highest BCUT2D eigenvalue weighted by Crippen LogP contribution is 2.20. The lowest BCUT2D eigenvalue weighted by Crippen LogP contribution is -2.30. The molecular formula is C19H21NO5S2. The zero-order valence-electron chi connectivity index (χ0n) is 15.3. The average molecular weight is 408 g/mol. The van der Waals surface area contributed by atoms with Gasteiger partial charge in [0.05, 0.1) is 0 Å². The Morgan fingerprint density at radius 1 is 1.15 bits per heavy atom. The first kappa shape index (κ1) is 21.0. The first-order chi connectivity index (χ1) is 12.7. The minimum absolute atomic E-state index is 0.313. The van der Waals surface area contributed by atoms with E-state index in [0.717, 1.165) is 26.3 Å². The molecule has 0 aliphatic carbocycles. The number of thiophene rings is 1. The molecule has 1 aromatic heterocycles. The lowest BCUT2D eigenvalue weighted by Gasteiger charge is -2.05. The fraction of sp³-hybridized carbons (Fsp3) is 0.263. The molecule has 27 heavy (non-hydrogen) atoms. The van der Waals surface area contributed by atoms with Crippen molar-refractivity contribution in [2.24, 2.45) is 0 Å². The van der Waals surface area contributed by atoms with Gasteiger partial charge in [0, 0.05) is 20.7 Å². The summed E-state index contributed by atoms with van der Waals surface area (Å²) in [5.41, 5.74) is 2.31. The van der Waals surface area contributed by atoms with E-state index in [4.69, 9.17) is 4.74 Å². The summed E-state index contributed by atoms with van der Waals surface area (Å²) in [6, 6.07) is 9.05.